The van der Waals surface area contributed by atoms with Gasteiger partial charge in [-0.15, -0.1) is 0 Å². The van der Waals surface area contributed by atoms with Gasteiger partial charge in [0, 0.05) is 37.0 Å². The summed E-state index contributed by atoms with van der Waals surface area (Å²) < 4.78 is 19.7. The van der Waals surface area contributed by atoms with Gasteiger partial charge in [0.15, 0.2) is 0 Å². The second kappa shape index (κ2) is 7.65. The molecule has 2 heterocycles. The van der Waals surface area contributed by atoms with E-state index < -0.39 is 12.2 Å². The van der Waals surface area contributed by atoms with Crippen molar-refractivity contribution in [2.24, 2.45) is 0 Å². The Kier molecular flexibility index (Phi) is 4.97. The van der Waals surface area contributed by atoms with E-state index in [-0.39, 0.29) is 11.4 Å². The van der Waals surface area contributed by atoms with Gasteiger partial charge in [-0.1, -0.05) is 48.5 Å². The number of hydrogen-bond acceptors (Lipinski definition) is 4. The molecule has 0 bridgehead atoms. The maximum absolute atomic E-state index is 13.1. The fourth-order valence-electron chi connectivity index (χ4n) is 4.84. The molecule has 2 N–H and O–H groups in total. The number of ether oxygens (including phenoxy) is 1. The monoisotopic (exact) mass is 407 g/mol. The summed E-state index contributed by atoms with van der Waals surface area (Å²) >= 11 is 0. The molecule has 0 saturated carbocycles. The zero-order valence-electron chi connectivity index (χ0n) is 16.8. The van der Waals surface area contributed by atoms with Gasteiger partial charge in [0.1, 0.15) is 17.2 Å². The summed E-state index contributed by atoms with van der Waals surface area (Å²) in [5, 5.41) is 23.5. The Morgan fingerprint density at radius 2 is 1.77 bits per heavy atom. The van der Waals surface area contributed by atoms with E-state index in [4.69, 9.17) is 4.74 Å². The van der Waals surface area contributed by atoms with E-state index >= 15 is 0 Å². The molecule has 2 atom stereocenters. The second-order valence-corrected chi connectivity index (χ2v) is 8.58. The summed E-state index contributed by atoms with van der Waals surface area (Å²) in [6, 6.07) is 18.2. The Morgan fingerprint density at radius 3 is 2.53 bits per heavy atom. The number of fused-ring (bicyclic) bond motifs is 3. The lowest BCUT2D eigenvalue weighted by atomic mass is 9.81. The molecule has 3 aromatic carbocycles. The second-order valence-electron chi connectivity index (χ2n) is 8.58. The van der Waals surface area contributed by atoms with E-state index in [0.29, 0.717) is 13.0 Å². The van der Waals surface area contributed by atoms with Crippen LogP contribution in [-0.4, -0.2) is 40.3 Å². The highest BCUT2D eigenvalue weighted by Crippen LogP contribution is 2.47. The van der Waals surface area contributed by atoms with Crippen LogP contribution < -0.4 is 4.74 Å². The normalized spacial score (nSPS) is 21.9. The van der Waals surface area contributed by atoms with Crippen LogP contribution in [0.3, 0.4) is 0 Å². The number of aliphatic hydroxyl groups excluding tert-OH is 2. The quantitative estimate of drug-likeness (QED) is 0.677. The highest BCUT2D eigenvalue weighted by molar-refractivity contribution is 5.90. The Morgan fingerprint density at radius 1 is 1.03 bits per heavy atom. The third kappa shape index (κ3) is 3.58. The fourth-order valence-corrected chi connectivity index (χ4v) is 4.84. The third-order valence-electron chi connectivity index (χ3n) is 6.61. The molecule has 1 fully saturated rings. The molecule has 1 saturated heterocycles. The van der Waals surface area contributed by atoms with Crippen LogP contribution in [-0.2, 0) is 0 Å². The van der Waals surface area contributed by atoms with Crippen molar-refractivity contribution in [1.29, 1.82) is 0 Å². The smallest absolute Gasteiger partial charge is 0.133 e. The molecular formula is C25H26FNO3. The summed E-state index contributed by atoms with van der Waals surface area (Å²) in [7, 11) is 0. The largest absolute Gasteiger partial charge is 0.486 e. The molecule has 1 spiro atoms. The lowest BCUT2D eigenvalue weighted by Crippen LogP contribution is -2.51. The summed E-state index contributed by atoms with van der Waals surface area (Å²) in [5.41, 5.74) is 1.21. The van der Waals surface area contributed by atoms with Gasteiger partial charge in [-0.05, 0) is 35.9 Å². The molecule has 0 unspecified atom stereocenters. The van der Waals surface area contributed by atoms with Gasteiger partial charge in [0.05, 0.1) is 12.2 Å². The van der Waals surface area contributed by atoms with Crippen molar-refractivity contribution < 1.29 is 19.3 Å². The maximum Gasteiger partial charge on any atom is 0.133 e. The Balaban J connectivity index is 1.30. The van der Waals surface area contributed by atoms with E-state index in [1.807, 2.05) is 30.3 Å². The lowest BCUT2D eigenvalue weighted by molar-refractivity contribution is -0.0577. The Hall–Kier alpha value is -2.47. The van der Waals surface area contributed by atoms with Crippen molar-refractivity contribution in [2.75, 3.05) is 19.6 Å². The minimum absolute atomic E-state index is 0.299. The van der Waals surface area contributed by atoms with Crippen LogP contribution in [0.15, 0.2) is 60.7 Å². The van der Waals surface area contributed by atoms with Crippen molar-refractivity contribution >= 4 is 10.8 Å². The number of nitrogens with zero attached hydrogens (tertiary/aromatic N) is 1. The highest BCUT2D eigenvalue weighted by atomic mass is 19.1. The minimum Gasteiger partial charge on any atom is -0.486 e. The lowest BCUT2D eigenvalue weighted by Gasteiger charge is -2.46. The molecule has 5 rings (SSSR count). The SMILES string of the molecule is O[C@@H]1CC2(CCN(C[C@H](O)c3ccc(F)cc3)CC2)Oc2c1ccc1ccccc21. The van der Waals surface area contributed by atoms with Gasteiger partial charge < -0.3 is 19.8 Å². The van der Waals surface area contributed by atoms with E-state index in [1.165, 1.54) is 12.1 Å². The van der Waals surface area contributed by atoms with Crippen molar-refractivity contribution in [1.82, 2.24) is 4.90 Å². The summed E-state index contributed by atoms with van der Waals surface area (Å²) in [5.74, 6) is 0.512. The molecule has 156 valence electrons. The van der Waals surface area contributed by atoms with Gasteiger partial charge in [0.2, 0.25) is 0 Å². The number of likely N-dealkylation sites (tertiary alicyclic amines) is 1. The number of piperidine rings is 1. The predicted molar refractivity (Wildman–Crippen MR) is 114 cm³/mol. The molecule has 0 aromatic heterocycles. The first-order valence-electron chi connectivity index (χ1n) is 10.6. The summed E-state index contributed by atoms with van der Waals surface area (Å²) in [6.07, 6.45) is 0.996. The average Bonchev–Trinajstić information content (AvgIpc) is 2.76. The van der Waals surface area contributed by atoms with Crippen LogP contribution in [0.4, 0.5) is 4.39 Å². The van der Waals surface area contributed by atoms with Crippen LogP contribution in [0.2, 0.25) is 0 Å². The minimum atomic E-state index is -0.651. The number of hydrogen-bond donors (Lipinski definition) is 2. The first kappa shape index (κ1) is 19.5. The molecule has 3 aromatic rings. The molecule has 4 nitrogen and oxygen atoms in total. The maximum atomic E-state index is 13.1. The van der Waals surface area contributed by atoms with Gasteiger partial charge in [-0.2, -0.15) is 0 Å². The molecular weight excluding hydrogens is 381 g/mol. The number of rotatable bonds is 3. The number of β-amino-alcohol motifs (C(OH)–C–C–N with tert-alkyl or cyclic N) is 1. The van der Waals surface area contributed by atoms with Crippen molar-refractivity contribution in [2.45, 2.75) is 37.1 Å². The van der Waals surface area contributed by atoms with E-state index in [2.05, 4.69) is 11.0 Å². The highest BCUT2D eigenvalue weighted by Gasteiger charge is 2.43. The fraction of sp³-hybridized carbons (Fsp3) is 0.360. The topological polar surface area (TPSA) is 52.9 Å². The molecule has 30 heavy (non-hydrogen) atoms. The Bertz CT molecular complexity index is 1040. The molecule has 0 aliphatic carbocycles. The van der Waals surface area contributed by atoms with Gasteiger partial charge in [-0.25, -0.2) is 4.39 Å². The number of benzene rings is 3. The van der Waals surface area contributed by atoms with Crippen LogP contribution in [0.25, 0.3) is 10.8 Å². The first-order chi connectivity index (χ1) is 14.5. The van der Waals surface area contributed by atoms with Gasteiger partial charge in [0.25, 0.3) is 0 Å². The molecule has 0 radical (unpaired) electrons. The van der Waals surface area contributed by atoms with E-state index in [0.717, 1.165) is 53.6 Å². The summed E-state index contributed by atoms with van der Waals surface area (Å²) in [6.45, 7) is 2.07. The standard InChI is InChI=1S/C25H26FNO3/c26-19-8-5-18(6-9-19)23(29)16-27-13-11-25(12-14-27)15-22(28)21-10-7-17-3-1-2-4-20(17)24(21)30-25/h1-10,22-23,28-29H,11-16H2/t22-,23+/m1/s1. The molecule has 2 aliphatic rings. The van der Waals surface area contributed by atoms with E-state index in [9.17, 15) is 14.6 Å². The average molecular weight is 407 g/mol. The molecule has 0 amide bonds. The van der Waals surface area contributed by atoms with E-state index in [1.54, 1.807) is 12.1 Å². The van der Waals surface area contributed by atoms with Crippen molar-refractivity contribution in [3.05, 3.63) is 77.6 Å². The molecule has 2 aliphatic heterocycles. The zero-order valence-corrected chi connectivity index (χ0v) is 16.8. The van der Waals surface area contributed by atoms with Crippen LogP contribution in [0, 0.1) is 5.82 Å². The van der Waals surface area contributed by atoms with Crippen LogP contribution in [0.1, 0.15) is 42.6 Å². The molecule has 5 heteroatoms. The number of halogens is 1. The van der Waals surface area contributed by atoms with Crippen molar-refractivity contribution in [3.8, 4) is 5.75 Å². The van der Waals surface area contributed by atoms with Crippen LogP contribution >= 0.6 is 0 Å². The van der Waals surface area contributed by atoms with Gasteiger partial charge >= 0.3 is 0 Å². The van der Waals surface area contributed by atoms with Gasteiger partial charge in [-0.3, -0.25) is 0 Å². The Labute approximate surface area is 175 Å². The third-order valence-corrected chi connectivity index (χ3v) is 6.61. The predicted octanol–water partition coefficient (Wildman–Crippen LogP) is 4.36. The van der Waals surface area contributed by atoms with Crippen LogP contribution in [0.5, 0.6) is 5.75 Å². The van der Waals surface area contributed by atoms with Crippen molar-refractivity contribution in [3.63, 3.8) is 0 Å². The summed E-state index contributed by atoms with van der Waals surface area (Å²) in [4.78, 5) is 2.22. The first-order valence-corrected chi connectivity index (χ1v) is 10.6. The zero-order chi connectivity index (χ0) is 20.7. The number of aliphatic hydroxyl groups is 2.